The van der Waals surface area contributed by atoms with Gasteiger partial charge in [0.2, 0.25) is 0 Å². The first-order valence-electron chi connectivity index (χ1n) is 7.94. The maximum absolute atomic E-state index is 12.1. The molecular formula is C20H18O5. The van der Waals surface area contributed by atoms with Gasteiger partial charge in [0.25, 0.3) is 0 Å². The van der Waals surface area contributed by atoms with Crippen molar-refractivity contribution >= 4 is 18.0 Å². The van der Waals surface area contributed by atoms with Crippen LogP contribution in [0.5, 0.6) is 0 Å². The molecule has 1 N–H and O–H groups in total. The van der Waals surface area contributed by atoms with E-state index in [0.29, 0.717) is 11.1 Å². The lowest BCUT2D eigenvalue weighted by Crippen LogP contribution is -2.39. The highest BCUT2D eigenvalue weighted by Crippen LogP contribution is 2.32. The summed E-state index contributed by atoms with van der Waals surface area (Å²) in [4.78, 5) is 24.2. The average molecular weight is 338 g/mol. The van der Waals surface area contributed by atoms with Crippen molar-refractivity contribution in [2.45, 2.75) is 12.0 Å². The van der Waals surface area contributed by atoms with Crippen LogP contribution in [-0.2, 0) is 14.3 Å². The first-order valence-corrected chi connectivity index (χ1v) is 7.94. The Hall–Kier alpha value is -2.92. The second kappa shape index (κ2) is 7.32. The van der Waals surface area contributed by atoms with Crippen LogP contribution < -0.4 is 0 Å². The molecule has 2 aromatic carbocycles. The van der Waals surface area contributed by atoms with Crippen molar-refractivity contribution in [2.24, 2.45) is 0 Å². The number of aliphatic hydroxyl groups is 1. The van der Waals surface area contributed by atoms with Crippen LogP contribution in [0.2, 0.25) is 0 Å². The Labute approximate surface area is 145 Å². The highest BCUT2D eigenvalue weighted by Gasteiger charge is 2.44. The summed E-state index contributed by atoms with van der Waals surface area (Å²) in [5.41, 5.74) is 0.475. The molecule has 0 spiro atoms. The molecule has 1 atom stereocenters. The zero-order valence-electron chi connectivity index (χ0n) is 13.6. The second-order valence-electron chi connectivity index (χ2n) is 5.93. The number of rotatable bonds is 5. The Morgan fingerprint density at radius 1 is 1.12 bits per heavy atom. The summed E-state index contributed by atoms with van der Waals surface area (Å²) in [6, 6.07) is 17.9. The van der Waals surface area contributed by atoms with E-state index in [2.05, 4.69) is 0 Å². The molecule has 1 aliphatic rings. The van der Waals surface area contributed by atoms with Crippen molar-refractivity contribution < 1.29 is 24.2 Å². The Morgan fingerprint density at radius 3 is 2.40 bits per heavy atom. The summed E-state index contributed by atoms with van der Waals surface area (Å²) in [5, 5.41) is 9.71. The van der Waals surface area contributed by atoms with E-state index >= 15 is 0 Å². The number of hydrogen-bond acceptors (Lipinski definition) is 5. The minimum atomic E-state index is -1.23. The fraction of sp³-hybridized carbons (Fsp3) is 0.200. The van der Waals surface area contributed by atoms with Gasteiger partial charge in [-0.05, 0) is 23.8 Å². The van der Waals surface area contributed by atoms with E-state index in [-0.39, 0.29) is 13.0 Å². The maximum Gasteiger partial charge on any atom is 0.338 e. The molecule has 128 valence electrons. The monoisotopic (exact) mass is 338 g/mol. The van der Waals surface area contributed by atoms with Gasteiger partial charge in [-0.3, -0.25) is 0 Å². The summed E-state index contributed by atoms with van der Waals surface area (Å²) < 4.78 is 10.6. The predicted octanol–water partition coefficient (Wildman–Crippen LogP) is 2.61. The number of hydrogen-bond donors (Lipinski definition) is 1. The highest BCUT2D eigenvalue weighted by atomic mass is 16.6. The van der Waals surface area contributed by atoms with E-state index in [4.69, 9.17) is 9.47 Å². The lowest BCUT2D eigenvalue weighted by Gasteiger charge is -2.24. The molecule has 1 fully saturated rings. The molecule has 1 heterocycles. The molecule has 1 saturated heterocycles. The summed E-state index contributed by atoms with van der Waals surface area (Å²) in [6.07, 6.45) is 1.90. The number of ether oxygens (including phenoxy) is 2. The fourth-order valence-corrected chi connectivity index (χ4v) is 2.65. The SMILES string of the molecule is O=C1OC(CO)(COC(=O)c2ccccc2)C/C1=C\c1ccccc1. The number of aliphatic hydroxyl groups excluding tert-OH is 1. The topological polar surface area (TPSA) is 72.8 Å². The largest absolute Gasteiger partial charge is 0.458 e. The third-order valence-corrected chi connectivity index (χ3v) is 3.99. The first-order chi connectivity index (χ1) is 12.1. The Bertz CT molecular complexity index is 782. The number of cyclic esters (lactones) is 1. The molecule has 3 rings (SSSR count). The Morgan fingerprint density at radius 2 is 1.76 bits per heavy atom. The van der Waals surface area contributed by atoms with Crippen LogP contribution >= 0.6 is 0 Å². The molecule has 1 aliphatic heterocycles. The van der Waals surface area contributed by atoms with Gasteiger partial charge >= 0.3 is 11.9 Å². The third-order valence-electron chi connectivity index (χ3n) is 3.99. The summed E-state index contributed by atoms with van der Waals surface area (Å²) in [6.45, 7) is -0.623. The van der Waals surface area contributed by atoms with Crippen LogP contribution in [0.3, 0.4) is 0 Å². The Kier molecular flexibility index (Phi) is 4.95. The number of carbonyl (C=O) groups is 2. The normalized spacial score (nSPS) is 21.2. The molecule has 25 heavy (non-hydrogen) atoms. The summed E-state index contributed by atoms with van der Waals surface area (Å²) >= 11 is 0. The van der Waals surface area contributed by atoms with Gasteiger partial charge in [-0.1, -0.05) is 48.5 Å². The van der Waals surface area contributed by atoms with E-state index in [0.717, 1.165) is 5.56 Å². The zero-order chi connectivity index (χ0) is 17.7. The number of esters is 2. The molecule has 0 radical (unpaired) electrons. The van der Waals surface area contributed by atoms with Gasteiger partial charge in [0.05, 0.1) is 12.2 Å². The highest BCUT2D eigenvalue weighted by molar-refractivity contribution is 5.96. The maximum atomic E-state index is 12.1. The van der Waals surface area contributed by atoms with Crippen LogP contribution in [0.1, 0.15) is 22.3 Å². The summed E-state index contributed by atoms with van der Waals surface area (Å²) in [5.74, 6) is -1.03. The molecule has 0 aromatic heterocycles. The molecule has 2 aromatic rings. The smallest absolute Gasteiger partial charge is 0.338 e. The van der Waals surface area contributed by atoms with E-state index < -0.39 is 24.1 Å². The molecular weight excluding hydrogens is 320 g/mol. The van der Waals surface area contributed by atoms with Gasteiger partial charge in [-0.15, -0.1) is 0 Å². The number of carbonyl (C=O) groups excluding carboxylic acids is 2. The van der Waals surface area contributed by atoms with Crippen LogP contribution in [0.4, 0.5) is 0 Å². The molecule has 0 bridgehead atoms. The molecule has 1 unspecified atom stereocenters. The quantitative estimate of drug-likeness (QED) is 0.670. The lowest BCUT2D eigenvalue weighted by molar-refractivity contribution is -0.154. The fourth-order valence-electron chi connectivity index (χ4n) is 2.65. The van der Waals surface area contributed by atoms with Gasteiger partial charge < -0.3 is 14.6 Å². The van der Waals surface area contributed by atoms with Crippen LogP contribution in [0.15, 0.2) is 66.2 Å². The predicted molar refractivity (Wildman–Crippen MR) is 91.7 cm³/mol. The van der Waals surface area contributed by atoms with E-state index in [1.807, 2.05) is 30.3 Å². The van der Waals surface area contributed by atoms with Crippen molar-refractivity contribution in [3.63, 3.8) is 0 Å². The van der Waals surface area contributed by atoms with Crippen LogP contribution in [0.25, 0.3) is 6.08 Å². The standard InChI is InChI=1S/C20H18O5/c21-13-20(14-24-18(22)16-9-5-2-6-10-16)12-17(19(23)25-20)11-15-7-3-1-4-8-15/h1-11,21H,12-14H2/b17-11+. The van der Waals surface area contributed by atoms with Crippen molar-refractivity contribution in [3.8, 4) is 0 Å². The van der Waals surface area contributed by atoms with Crippen molar-refractivity contribution in [2.75, 3.05) is 13.2 Å². The molecule has 0 saturated carbocycles. The third kappa shape index (κ3) is 3.95. The van der Waals surface area contributed by atoms with Crippen LogP contribution in [0, 0.1) is 0 Å². The average Bonchev–Trinajstić information content (AvgIpc) is 2.97. The van der Waals surface area contributed by atoms with E-state index in [1.165, 1.54) is 0 Å². The van der Waals surface area contributed by atoms with Gasteiger partial charge in [-0.2, -0.15) is 0 Å². The van der Waals surface area contributed by atoms with Gasteiger partial charge in [0.15, 0.2) is 5.60 Å². The molecule has 5 nitrogen and oxygen atoms in total. The Balaban J connectivity index is 1.70. The van der Waals surface area contributed by atoms with E-state index in [1.54, 1.807) is 36.4 Å². The second-order valence-corrected chi connectivity index (χ2v) is 5.93. The lowest BCUT2D eigenvalue weighted by atomic mass is 9.98. The van der Waals surface area contributed by atoms with Crippen LogP contribution in [-0.4, -0.2) is 35.9 Å². The van der Waals surface area contributed by atoms with Gasteiger partial charge in [0.1, 0.15) is 6.61 Å². The minimum absolute atomic E-state index is 0.180. The van der Waals surface area contributed by atoms with Crippen molar-refractivity contribution in [1.82, 2.24) is 0 Å². The van der Waals surface area contributed by atoms with Crippen molar-refractivity contribution in [3.05, 3.63) is 77.4 Å². The van der Waals surface area contributed by atoms with Gasteiger partial charge in [-0.25, -0.2) is 9.59 Å². The molecule has 5 heteroatoms. The van der Waals surface area contributed by atoms with Gasteiger partial charge in [0, 0.05) is 12.0 Å². The minimum Gasteiger partial charge on any atom is -0.458 e. The molecule has 0 aliphatic carbocycles. The summed E-state index contributed by atoms with van der Waals surface area (Å²) in [7, 11) is 0. The molecule has 0 amide bonds. The van der Waals surface area contributed by atoms with Crippen molar-refractivity contribution in [1.29, 1.82) is 0 Å². The first kappa shape index (κ1) is 16.9. The van der Waals surface area contributed by atoms with E-state index in [9.17, 15) is 14.7 Å². The number of benzene rings is 2. The zero-order valence-corrected chi connectivity index (χ0v) is 13.6.